The van der Waals surface area contributed by atoms with E-state index < -0.39 is 0 Å². The Hall–Kier alpha value is -2.59. The fourth-order valence-electron chi connectivity index (χ4n) is 2.79. The number of nitrogens with zero attached hydrogens (tertiary/aromatic N) is 3. The molecule has 3 aromatic carbocycles. The summed E-state index contributed by atoms with van der Waals surface area (Å²) >= 11 is 1.74. The second-order valence-electron chi connectivity index (χ2n) is 7.36. The van der Waals surface area contributed by atoms with Crippen molar-refractivity contribution in [2.75, 3.05) is 0 Å². The van der Waals surface area contributed by atoms with E-state index >= 15 is 0 Å². The van der Waals surface area contributed by atoms with Gasteiger partial charge in [0.25, 0.3) is 0 Å². The lowest BCUT2D eigenvalue weighted by Gasteiger charge is -2.19. The summed E-state index contributed by atoms with van der Waals surface area (Å²) in [6, 6.07) is 25.1. The first-order valence-corrected chi connectivity index (χ1v) is 9.52. The molecule has 0 saturated carbocycles. The Balaban J connectivity index is 1.68. The monoisotopic (exact) mass is 359 g/mol. The van der Waals surface area contributed by atoms with Crippen LogP contribution < -0.4 is 0 Å². The van der Waals surface area contributed by atoms with Crippen LogP contribution in [0.3, 0.4) is 0 Å². The van der Waals surface area contributed by atoms with Crippen molar-refractivity contribution in [3.05, 3.63) is 78.4 Å². The maximum absolute atomic E-state index is 4.70. The molecule has 3 nitrogen and oxygen atoms in total. The van der Waals surface area contributed by atoms with Crippen LogP contribution in [0.4, 0.5) is 0 Å². The Labute approximate surface area is 158 Å². The van der Waals surface area contributed by atoms with Gasteiger partial charge in [0.1, 0.15) is 11.0 Å². The van der Waals surface area contributed by atoms with Crippen molar-refractivity contribution in [3.63, 3.8) is 0 Å². The smallest absolute Gasteiger partial charge is 0.114 e. The molecule has 1 aromatic heterocycles. The maximum atomic E-state index is 4.70. The first-order valence-electron chi connectivity index (χ1n) is 8.70. The summed E-state index contributed by atoms with van der Waals surface area (Å²) in [5, 5.41) is 9.35. The van der Waals surface area contributed by atoms with Crippen LogP contribution in [0.15, 0.2) is 82.6 Å². The second kappa shape index (κ2) is 6.61. The van der Waals surface area contributed by atoms with Gasteiger partial charge in [-0.3, -0.25) is 0 Å². The molecule has 0 unspecified atom stereocenters. The lowest BCUT2D eigenvalue weighted by atomic mass is 9.87. The average molecular weight is 359 g/mol. The van der Waals surface area contributed by atoms with Crippen LogP contribution in [0.2, 0.25) is 0 Å². The van der Waals surface area contributed by atoms with Crippen LogP contribution in [0.1, 0.15) is 26.3 Å². The van der Waals surface area contributed by atoms with E-state index in [1.165, 1.54) is 15.4 Å². The molecule has 0 fully saturated rings. The molecule has 0 spiro atoms. The van der Waals surface area contributed by atoms with Crippen LogP contribution in [0.25, 0.3) is 16.7 Å². The van der Waals surface area contributed by atoms with Gasteiger partial charge in [-0.05, 0) is 53.4 Å². The zero-order valence-corrected chi connectivity index (χ0v) is 16.0. The molecular formula is C22H21N3S. The Morgan fingerprint density at radius 2 is 1.50 bits per heavy atom. The number of hydrogen-bond donors (Lipinski definition) is 0. The number of benzene rings is 3. The van der Waals surface area contributed by atoms with Crippen LogP contribution in [0.5, 0.6) is 0 Å². The lowest BCUT2D eigenvalue weighted by molar-refractivity contribution is 0.588. The first-order chi connectivity index (χ1) is 12.5. The standard InChI is InChI=1S/C22H21N3S/c1-22(2,3)16-8-7-9-17(14-16)25-23-20-13-12-19(15-21(20)24-25)26-18-10-5-4-6-11-18/h4-15H,1-3H3. The summed E-state index contributed by atoms with van der Waals surface area (Å²) in [6.07, 6.45) is 0. The van der Waals surface area contributed by atoms with Gasteiger partial charge in [-0.2, -0.15) is 4.80 Å². The van der Waals surface area contributed by atoms with Gasteiger partial charge in [0, 0.05) is 9.79 Å². The summed E-state index contributed by atoms with van der Waals surface area (Å²) in [5.74, 6) is 0. The molecular weight excluding hydrogens is 338 g/mol. The summed E-state index contributed by atoms with van der Waals surface area (Å²) in [4.78, 5) is 4.12. The summed E-state index contributed by atoms with van der Waals surface area (Å²) in [7, 11) is 0. The van der Waals surface area contributed by atoms with Crippen LogP contribution >= 0.6 is 11.8 Å². The van der Waals surface area contributed by atoms with Crippen LogP contribution in [0, 0.1) is 0 Å². The Kier molecular flexibility index (Phi) is 4.29. The van der Waals surface area contributed by atoms with Crippen molar-refractivity contribution >= 4 is 22.8 Å². The zero-order valence-electron chi connectivity index (χ0n) is 15.2. The number of hydrogen-bond acceptors (Lipinski definition) is 3. The molecule has 0 aliphatic heterocycles. The van der Waals surface area contributed by atoms with E-state index in [1.54, 1.807) is 16.6 Å². The number of aromatic nitrogens is 3. The summed E-state index contributed by atoms with van der Waals surface area (Å²) in [6.45, 7) is 6.64. The van der Waals surface area contributed by atoms with E-state index in [1.807, 2.05) is 18.2 Å². The molecule has 0 atom stereocenters. The van der Waals surface area contributed by atoms with E-state index in [0.717, 1.165) is 16.7 Å². The van der Waals surface area contributed by atoms with Crippen molar-refractivity contribution in [1.29, 1.82) is 0 Å². The normalized spacial score (nSPS) is 11.8. The minimum atomic E-state index is 0.0993. The quantitative estimate of drug-likeness (QED) is 0.458. The predicted molar refractivity (Wildman–Crippen MR) is 108 cm³/mol. The topological polar surface area (TPSA) is 30.7 Å². The van der Waals surface area contributed by atoms with Gasteiger partial charge in [0.2, 0.25) is 0 Å². The molecule has 0 aliphatic rings. The molecule has 4 heteroatoms. The molecule has 4 aromatic rings. The van der Waals surface area contributed by atoms with Crippen molar-refractivity contribution in [1.82, 2.24) is 15.0 Å². The fraction of sp³-hybridized carbons (Fsp3) is 0.182. The molecule has 0 bridgehead atoms. The van der Waals surface area contributed by atoms with Crippen molar-refractivity contribution in [2.24, 2.45) is 0 Å². The van der Waals surface area contributed by atoms with Gasteiger partial charge < -0.3 is 0 Å². The third-order valence-electron chi connectivity index (χ3n) is 4.27. The van der Waals surface area contributed by atoms with Crippen LogP contribution in [-0.4, -0.2) is 15.0 Å². The second-order valence-corrected chi connectivity index (χ2v) is 8.50. The van der Waals surface area contributed by atoms with Gasteiger partial charge in [0.05, 0.1) is 5.69 Å². The van der Waals surface area contributed by atoms with Crippen molar-refractivity contribution < 1.29 is 0 Å². The minimum Gasteiger partial charge on any atom is -0.150 e. The Morgan fingerprint density at radius 3 is 2.27 bits per heavy atom. The third-order valence-corrected chi connectivity index (χ3v) is 5.27. The molecule has 0 aliphatic carbocycles. The molecule has 4 rings (SSSR count). The average Bonchev–Trinajstić information content (AvgIpc) is 3.05. The SMILES string of the molecule is CC(C)(C)c1cccc(-n2nc3ccc(Sc4ccccc4)cc3n2)c1. The Bertz CT molecular complexity index is 1050. The lowest BCUT2D eigenvalue weighted by Crippen LogP contribution is -2.12. The van der Waals surface area contributed by atoms with Crippen molar-refractivity contribution in [2.45, 2.75) is 36.0 Å². The molecule has 26 heavy (non-hydrogen) atoms. The first kappa shape index (κ1) is 16.9. The highest BCUT2D eigenvalue weighted by molar-refractivity contribution is 7.99. The predicted octanol–water partition coefficient (Wildman–Crippen LogP) is 5.87. The number of fused-ring (bicyclic) bond motifs is 1. The summed E-state index contributed by atoms with van der Waals surface area (Å²) in [5.41, 5.74) is 4.18. The highest BCUT2D eigenvalue weighted by Gasteiger charge is 2.15. The van der Waals surface area contributed by atoms with E-state index in [9.17, 15) is 0 Å². The number of rotatable bonds is 3. The molecule has 0 saturated heterocycles. The highest BCUT2D eigenvalue weighted by atomic mass is 32.2. The molecule has 0 N–H and O–H groups in total. The van der Waals surface area contributed by atoms with Crippen molar-refractivity contribution in [3.8, 4) is 5.69 Å². The largest absolute Gasteiger partial charge is 0.150 e. The van der Waals surface area contributed by atoms with Crippen LogP contribution in [-0.2, 0) is 5.41 Å². The van der Waals surface area contributed by atoms with E-state index in [0.29, 0.717) is 0 Å². The Morgan fingerprint density at radius 1 is 0.731 bits per heavy atom. The maximum Gasteiger partial charge on any atom is 0.114 e. The third kappa shape index (κ3) is 3.51. The van der Waals surface area contributed by atoms with E-state index in [4.69, 9.17) is 5.10 Å². The molecule has 0 amide bonds. The molecule has 0 radical (unpaired) electrons. The zero-order chi connectivity index (χ0) is 18.1. The van der Waals surface area contributed by atoms with Gasteiger partial charge in [-0.15, -0.1) is 10.2 Å². The molecule has 1 heterocycles. The van der Waals surface area contributed by atoms with Gasteiger partial charge in [-0.25, -0.2) is 0 Å². The fourth-order valence-corrected chi connectivity index (χ4v) is 3.67. The van der Waals surface area contributed by atoms with Gasteiger partial charge >= 0.3 is 0 Å². The minimum absolute atomic E-state index is 0.0993. The van der Waals surface area contributed by atoms with E-state index in [-0.39, 0.29) is 5.41 Å². The summed E-state index contributed by atoms with van der Waals surface area (Å²) < 4.78 is 0. The highest BCUT2D eigenvalue weighted by Crippen LogP contribution is 2.29. The molecule has 130 valence electrons. The van der Waals surface area contributed by atoms with E-state index in [2.05, 4.69) is 80.5 Å². The van der Waals surface area contributed by atoms with Gasteiger partial charge in [0.15, 0.2) is 0 Å². The van der Waals surface area contributed by atoms with Gasteiger partial charge in [-0.1, -0.05) is 62.9 Å².